The zero-order valence-electron chi connectivity index (χ0n) is 25.6. The van der Waals surface area contributed by atoms with Crippen molar-refractivity contribution in [2.45, 2.75) is 63.1 Å². The standard InChI is InChI=1S/C34H39N3O6Si/c1-22-32(44(3,4)41)30(18-19-38)43-34(22)27-20-26(42-2)14-16-29(27)36(33(34)40)21-23-10-12-25(13-11-23)37-31(39)17-15-28(35-37)24-8-6-5-7-9-24/h5-14,16,20,22,30,32,38,41H,15,17-19,21H2,1-4H3/t22-,30+,32-,34+/m1/s1. The van der Waals surface area contributed by atoms with Gasteiger partial charge in [0, 0.05) is 36.5 Å². The van der Waals surface area contributed by atoms with Crippen molar-refractivity contribution in [3.05, 3.63) is 89.5 Å². The fourth-order valence-corrected chi connectivity index (χ4v) is 9.86. The molecule has 0 aliphatic carbocycles. The van der Waals surface area contributed by atoms with Crippen LogP contribution in [0.5, 0.6) is 5.75 Å². The van der Waals surface area contributed by atoms with Crippen LogP contribution in [0.15, 0.2) is 77.9 Å². The molecule has 2 amide bonds. The van der Waals surface area contributed by atoms with Crippen LogP contribution in [0.1, 0.15) is 42.9 Å². The van der Waals surface area contributed by atoms with Gasteiger partial charge in [-0.3, -0.25) is 9.59 Å². The number of aliphatic hydroxyl groups excluding tert-OH is 1. The van der Waals surface area contributed by atoms with Gasteiger partial charge >= 0.3 is 0 Å². The molecule has 1 fully saturated rings. The lowest BCUT2D eigenvalue weighted by molar-refractivity contribution is -0.146. The Kier molecular flexibility index (Phi) is 7.96. The molecule has 3 aliphatic rings. The number of nitrogens with zero attached hydrogens (tertiary/aromatic N) is 3. The van der Waals surface area contributed by atoms with Gasteiger partial charge in [-0.25, -0.2) is 5.01 Å². The van der Waals surface area contributed by atoms with Gasteiger partial charge < -0.3 is 24.3 Å². The van der Waals surface area contributed by atoms with Gasteiger partial charge in [0.2, 0.25) is 5.91 Å². The Morgan fingerprint density at radius 1 is 1.05 bits per heavy atom. The molecule has 4 atom stereocenters. The minimum absolute atomic E-state index is 0.0633. The Morgan fingerprint density at radius 2 is 1.77 bits per heavy atom. The van der Waals surface area contributed by atoms with Crippen molar-refractivity contribution in [2.24, 2.45) is 11.0 Å². The van der Waals surface area contributed by atoms with Crippen LogP contribution in [0.25, 0.3) is 0 Å². The first-order valence-electron chi connectivity index (χ1n) is 15.1. The summed E-state index contributed by atoms with van der Waals surface area (Å²) in [7, 11) is -1.20. The summed E-state index contributed by atoms with van der Waals surface area (Å²) in [5.74, 6) is 0.0384. The number of hydrazone groups is 1. The third-order valence-corrected chi connectivity index (χ3v) is 11.8. The van der Waals surface area contributed by atoms with E-state index >= 15 is 0 Å². The van der Waals surface area contributed by atoms with E-state index in [-0.39, 0.29) is 36.4 Å². The molecule has 3 aromatic rings. The molecule has 3 heterocycles. The second-order valence-corrected chi connectivity index (χ2v) is 16.4. The van der Waals surface area contributed by atoms with Gasteiger partial charge in [-0.1, -0.05) is 49.4 Å². The van der Waals surface area contributed by atoms with Crippen LogP contribution in [0.2, 0.25) is 18.6 Å². The van der Waals surface area contributed by atoms with Crippen molar-refractivity contribution in [1.82, 2.24) is 0 Å². The molecular formula is C34H39N3O6Si. The molecule has 230 valence electrons. The molecule has 3 aromatic carbocycles. The number of hydrogen-bond acceptors (Lipinski definition) is 7. The lowest BCUT2D eigenvalue weighted by Gasteiger charge is -2.32. The Balaban J connectivity index is 1.32. The quantitative estimate of drug-likeness (QED) is 0.348. The highest BCUT2D eigenvalue weighted by atomic mass is 28.4. The second kappa shape index (κ2) is 11.6. The molecule has 44 heavy (non-hydrogen) atoms. The van der Waals surface area contributed by atoms with Crippen LogP contribution in [-0.2, 0) is 26.5 Å². The first-order chi connectivity index (χ1) is 21.1. The topological polar surface area (TPSA) is 112 Å². The van der Waals surface area contributed by atoms with E-state index in [1.165, 1.54) is 5.01 Å². The number of benzene rings is 3. The zero-order chi connectivity index (χ0) is 31.2. The van der Waals surface area contributed by atoms with Gasteiger partial charge in [0.05, 0.1) is 36.8 Å². The molecule has 1 spiro atoms. The number of fused-ring (bicyclic) bond motifs is 2. The summed E-state index contributed by atoms with van der Waals surface area (Å²) >= 11 is 0. The molecule has 1 saturated heterocycles. The van der Waals surface area contributed by atoms with Gasteiger partial charge in [-0.2, -0.15) is 5.10 Å². The second-order valence-electron chi connectivity index (χ2n) is 12.4. The van der Waals surface area contributed by atoms with E-state index in [1.807, 2.05) is 92.8 Å². The van der Waals surface area contributed by atoms with E-state index in [2.05, 4.69) is 5.10 Å². The van der Waals surface area contributed by atoms with Crippen molar-refractivity contribution in [2.75, 3.05) is 23.6 Å². The number of amides is 2. The highest BCUT2D eigenvalue weighted by Gasteiger charge is 2.66. The lowest BCUT2D eigenvalue weighted by atomic mass is 9.82. The van der Waals surface area contributed by atoms with Crippen molar-refractivity contribution in [3.63, 3.8) is 0 Å². The van der Waals surface area contributed by atoms with Gasteiger partial charge in [-0.15, -0.1) is 0 Å². The third kappa shape index (κ3) is 5.05. The number of hydrogen-bond donors (Lipinski definition) is 2. The molecule has 0 radical (unpaired) electrons. The number of aliphatic hydroxyl groups is 1. The summed E-state index contributed by atoms with van der Waals surface area (Å²) in [5, 5.41) is 16.0. The Hall–Kier alpha value is -3.83. The maximum atomic E-state index is 14.5. The minimum atomic E-state index is -2.79. The first-order valence-corrected chi connectivity index (χ1v) is 18.2. The van der Waals surface area contributed by atoms with Crippen LogP contribution in [0, 0.1) is 5.92 Å². The number of ether oxygens (including phenoxy) is 2. The Bertz CT molecular complexity index is 1590. The fraction of sp³-hybridized carbons (Fsp3) is 0.382. The summed E-state index contributed by atoms with van der Waals surface area (Å²) in [6.07, 6.45) is 0.860. The summed E-state index contributed by atoms with van der Waals surface area (Å²) in [6.45, 7) is 5.91. The van der Waals surface area contributed by atoms with E-state index in [1.54, 1.807) is 12.0 Å². The normalized spacial score (nSPS) is 25.0. The van der Waals surface area contributed by atoms with E-state index < -0.39 is 20.0 Å². The summed E-state index contributed by atoms with van der Waals surface area (Å²) in [4.78, 5) is 40.4. The first kappa shape index (κ1) is 30.2. The molecule has 2 N–H and O–H groups in total. The summed E-state index contributed by atoms with van der Waals surface area (Å²) in [6, 6.07) is 23.0. The average Bonchev–Trinajstić information content (AvgIpc) is 3.44. The molecule has 3 aliphatic heterocycles. The van der Waals surface area contributed by atoms with E-state index in [4.69, 9.17) is 9.47 Å². The van der Waals surface area contributed by atoms with Gasteiger partial charge in [0.25, 0.3) is 5.91 Å². The highest BCUT2D eigenvalue weighted by molar-refractivity contribution is 6.71. The molecule has 0 bridgehead atoms. The largest absolute Gasteiger partial charge is 0.497 e. The number of carbonyl (C=O) groups is 2. The van der Waals surface area contributed by atoms with Crippen molar-refractivity contribution in [1.29, 1.82) is 0 Å². The summed E-state index contributed by atoms with van der Waals surface area (Å²) < 4.78 is 12.2. The maximum absolute atomic E-state index is 14.5. The monoisotopic (exact) mass is 613 g/mol. The number of rotatable bonds is 8. The summed E-state index contributed by atoms with van der Waals surface area (Å²) in [5.41, 5.74) is 3.31. The van der Waals surface area contributed by atoms with Crippen molar-refractivity contribution < 1.29 is 29.0 Å². The van der Waals surface area contributed by atoms with Crippen molar-refractivity contribution in [3.8, 4) is 5.75 Å². The lowest BCUT2D eigenvalue weighted by Crippen LogP contribution is -2.46. The van der Waals surface area contributed by atoms with Gasteiger partial charge in [0.15, 0.2) is 13.9 Å². The van der Waals surface area contributed by atoms with Gasteiger partial charge in [0.1, 0.15) is 5.75 Å². The molecule has 0 saturated carbocycles. The molecule has 6 rings (SSSR count). The number of anilines is 2. The number of methoxy groups -OCH3 is 1. The van der Waals surface area contributed by atoms with Crippen LogP contribution < -0.4 is 14.6 Å². The highest BCUT2D eigenvalue weighted by Crippen LogP contribution is 2.60. The molecule has 10 heteroatoms. The molecule has 0 aromatic heterocycles. The van der Waals surface area contributed by atoms with E-state index in [0.29, 0.717) is 30.7 Å². The smallest absolute Gasteiger partial charge is 0.264 e. The fourth-order valence-electron chi connectivity index (χ4n) is 7.25. The van der Waals surface area contributed by atoms with Gasteiger partial charge in [-0.05, 0) is 61.0 Å². The molecular weight excluding hydrogens is 574 g/mol. The van der Waals surface area contributed by atoms with E-state index in [0.717, 1.165) is 28.1 Å². The minimum Gasteiger partial charge on any atom is -0.497 e. The van der Waals surface area contributed by atoms with Crippen LogP contribution >= 0.6 is 0 Å². The maximum Gasteiger partial charge on any atom is 0.264 e. The number of carbonyl (C=O) groups excluding carboxylic acids is 2. The molecule has 9 nitrogen and oxygen atoms in total. The molecule has 0 unspecified atom stereocenters. The predicted molar refractivity (Wildman–Crippen MR) is 171 cm³/mol. The van der Waals surface area contributed by atoms with Crippen LogP contribution in [-0.4, -0.2) is 55.6 Å². The average molecular weight is 614 g/mol. The predicted octanol–water partition coefficient (Wildman–Crippen LogP) is 4.95. The Labute approximate surface area is 258 Å². The Morgan fingerprint density at radius 3 is 2.43 bits per heavy atom. The third-order valence-electron chi connectivity index (χ3n) is 9.27. The van der Waals surface area contributed by atoms with Crippen LogP contribution in [0.3, 0.4) is 0 Å². The van der Waals surface area contributed by atoms with Crippen LogP contribution in [0.4, 0.5) is 11.4 Å². The SMILES string of the molecule is COc1ccc2c(c1)[C@]1(O[C@@H](CCO)[C@H]([Si](C)(C)O)[C@H]1C)C(=O)N2Cc1ccc(N2N=C(c3ccccc3)CCC2=O)cc1. The van der Waals surface area contributed by atoms with Crippen molar-refractivity contribution >= 4 is 37.2 Å². The van der Waals surface area contributed by atoms with E-state index in [9.17, 15) is 19.5 Å². The zero-order valence-corrected chi connectivity index (χ0v) is 26.6.